The Labute approximate surface area is 96.0 Å². The normalized spacial score (nSPS) is 10.4. The van der Waals surface area contributed by atoms with E-state index in [4.69, 9.17) is 0 Å². The van der Waals surface area contributed by atoms with Crippen LogP contribution in [-0.4, -0.2) is 11.2 Å². The summed E-state index contributed by atoms with van der Waals surface area (Å²) in [6, 6.07) is 10.3. The van der Waals surface area contributed by atoms with Gasteiger partial charge >= 0.3 is 0 Å². The molecule has 0 radical (unpaired) electrons. The van der Waals surface area contributed by atoms with E-state index in [9.17, 15) is 0 Å². The first-order valence-electron chi connectivity index (χ1n) is 4.11. The predicted octanol–water partition coefficient (Wildman–Crippen LogP) is 4.02. The first-order chi connectivity index (χ1) is 6.88. The Bertz CT molecular complexity index is 397. The standard InChI is InChI=1S/C10H9NS3/c1-12-9-5-6-10(14-9)13-8-4-2-3-7-11-8/h2-7H,1H3. The summed E-state index contributed by atoms with van der Waals surface area (Å²) in [5.74, 6) is 0. The van der Waals surface area contributed by atoms with Crippen LogP contribution in [0.5, 0.6) is 0 Å². The number of thiophene rings is 1. The molecule has 0 bridgehead atoms. The Morgan fingerprint density at radius 1 is 1.14 bits per heavy atom. The van der Waals surface area contributed by atoms with E-state index >= 15 is 0 Å². The fraction of sp³-hybridized carbons (Fsp3) is 0.100. The van der Waals surface area contributed by atoms with Crippen LogP contribution in [0, 0.1) is 0 Å². The van der Waals surface area contributed by atoms with Gasteiger partial charge < -0.3 is 0 Å². The summed E-state index contributed by atoms with van der Waals surface area (Å²) in [5, 5.41) is 1.06. The molecule has 0 fully saturated rings. The lowest BCUT2D eigenvalue weighted by atomic mass is 10.5. The smallest absolute Gasteiger partial charge is 0.101 e. The SMILES string of the molecule is CSc1ccc(Sc2ccccn2)s1. The number of rotatable bonds is 3. The molecule has 14 heavy (non-hydrogen) atoms. The van der Waals surface area contributed by atoms with E-state index < -0.39 is 0 Å². The van der Waals surface area contributed by atoms with Gasteiger partial charge in [0.15, 0.2) is 0 Å². The van der Waals surface area contributed by atoms with E-state index in [1.165, 1.54) is 8.42 Å². The van der Waals surface area contributed by atoms with Gasteiger partial charge in [0.25, 0.3) is 0 Å². The number of aromatic nitrogens is 1. The van der Waals surface area contributed by atoms with Crippen LogP contribution in [-0.2, 0) is 0 Å². The Kier molecular flexibility index (Phi) is 3.50. The molecule has 0 aliphatic heterocycles. The second-order valence-corrected chi connectivity index (χ2v) is 6.06. The minimum Gasteiger partial charge on any atom is -0.250 e. The van der Waals surface area contributed by atoms with Crippen molar-refractivity contribution in [2.75, 3.05) is 6.26 Å². The van der Waals surface area contributed by atoms with E-state index in [2.05, 4.69) is 23.4 Å². The zero-order valence-electron chi connectivity index (χ0n) is 7.64. The quantitative estimate of drug-likeness (QED) is 0.751. The second kappa shape index (κ2) is 4.87. The van der Waals surface area contributed by atoms with E-state index in [-0.39, 0.29) is 0 Å². The molecule has 0 saturated carbocycles. The Morgan fingerprint density at radius 3 is 2.64 bits per heavy atom. The maximum absolute atomic E-state index is 4.27. The molecule has 0 aliphatic carbocycles. The molecule has 0 atom stereocenters. The third kappa shape index (κ3) is 2.53. The van der Waals surface area contributed by atoms with Crippen LogP contribution in [0.15, 0.2) is 50.0 Å². The fourth-order valence-corrected chi connectivity index (χ4v) is 3.71. The van der Waals surface area contributed by atoms with Crippen molar-refractivity contribution in [2.24, 2.45) is 0 Å². The molecule has 0 amide bonds. The van der Waals surface area contributed by atoms with Crippen molar-refractivity contribution in [1.29, 1.82) is 0 Å². The summed E-state index contributed by atoms with van der Waals surface area (Å²) in [6.45, 7) is 0. The van der Waals surface area contributed by atoms with Crippen LogP contribution in [0.3, 0.4) is 0 Å². The molecule has 2 heterocycles. The molecular formula is C10H9NS3. The van der Waals surface area contributed by atoms with Crippen molar-refractivity contribution in [3.8, 4) is 0 Å². The summed E-state index contributed by atoms with van der Waals surface area (Å²) in [5.41, 5.74) is 0. The van der Waals surface area contributed by atoms with E-state index in [1.807, 2.05) is 35.7 Å². The van der Waals surface area contributed by atoms with E-state index in [0.717, 1.165) is 5.03 Å². The van der Waals surface area contributed by atoms with Crippen LogP contribution >= 0.6 is 34.9 Å². The van der Waals surface area contributed by atoms with Crippen molar-refractivity contribution < 1.29 is 0 Å². The zero-order valence-corrected chi connectivity index (χ0v) is 10.1. The van der Waals surface area contributed by atoms with Crippen molar-refractivity contribution in [1.82, 2.24) is 4.98 Å². The molecule has 0 N–H and O–H groups in total. The summed E-state index contributed by atoms with van der Waals surface area (Å²) >= 11 is 5.32. The third-order valence-corrected chi connectivity index (χ3v) is 4.85. The maximum Gasteiger partial charge on any atom is 0.101 e. The number of hydrogen-bond acceptors (Lipinski definition) is 4. The second-order valence-electron chi connectivity index (χ2n) is 2.55. The van der Waals surface area contributed by atoms with Crippen LogP contribution in [0.2, 0.25) is 0 Å². The van der Waals surface area contributed by atoms with Gasteiger partial charge in [-0.2, -0.15) is 0 Å². The molecule has 0 spiro atoms. The largest absolute Gasteiger partial charge is 0.250 e. The molecule has 72 valence electrons. The van der Waals surface area contributed by atoms with Gasteiger partial charge in [-0.05, 0) is 30.5 Å². The molecule has 2 aromatic rings. The summed E-state index contributed by atoms with van der Waals surface area (Å²) < 4.78 is 2.65. The third-order valence-electron chi connectivity index (χ3n) is 1.60. The van der Waals surface area contributed by atoms with E-state index in [1.54, 1.807) is 23.5 Å². The van der Waals surface area contributed by atoms with Gasteiger partial charge in [0.2, 0.25) is 0 Å². The average molecular weight is 239 g/mol. The molecule has 2 rings (SSSR count). The Balaban J connectivity index is 2.11. The van der Waals surface area contributed by atoms with Crippen LogP contribution in [0.4, 0.5) is 0 Å². The van der Waals surface area contributed by atoms with Crippen molar-refractivity contribution in [3.63, 3.8) is 0 Å². The van der Waals surface area contributed by atoms with Crippen LogP contribution < -0.4 is 0 Å². The highest BCUT2D eigenvalue weighted by atomic mass is 32.2. The van der Waals surface area contributed by atoms with Gasteiger partial charge in [-0.1, -0.05) is 17.8 Å². The monoisotopic (exact) mass is 239 g/mol. The lowest BCUT2D eigenvalue weighted by molar-refractivity contribution is 1.14. The maximum atomic E-state index is 4.27. The topological polar surface area (TPSA) is 12.9 Å². The Morgan fingerprint density at radius 2 is 2.00 bits per heavy atom. The van der Waals surface area contributed by atoms with Gasteiger partial charge in [0.05, 0.1) is 8.42 Å². The van der Waals surface area contributed by atoms with Crippen LogP contribution in [0.1, 0.15) is 0 Å². The lowest BCUT2D eigenvalue weighted by Gasteiger charge is -1.94. The van der Waals surface area contributed by atoms with Gasteiger partial charge in [0.1, 0.15) is 5.03 Å². The highest BCUT2D eigenvalue weighted by Crippen LogP contribution is 2.35. The Hall–Kier alpha value is -0.450. The average Bonchev–Trinajstić information content (AvgIpc) is 2.67. The minimum absolute atomic E-state index is 1.06. The first-order valence-corrected chi connectivity index (χ1v) is 6.97. The van der Waals surface area contributed by atoms with Gasteiger partial charge in [-0.25, -0.2) is 4.98 Å². The summed E-state index contributed by atoms with van der Waals surface area (Å²) in [4.78, 5) is 4.27. The van der Waals surface area contributed by atoms with Crippen molar-refractivity contribution >= 4 is 34.9 Å². The summed E-state index contributed by atoms with van der Waals surface area (Å²) in [6.07, 6.45) is 3.92. The number of nitrogens with zero attached hydrogens (tertiary/aromatic N) is 1. The fourth-order valence-electron chi connectivity index (χ4n) is 0.978. The molecule has 4 heteroatoms. The molecule has 0 aromatic carbocycles. The number of thioether (sulfide) groups is 1. The molecule has 0 saturated heterocycles. The molecule has 0 aliphatic rings. The zero-order chi connectivity index (χ0) is 9.80. The molecule has 1 nitrogen and oxygen atoms in total. The van der Waals surface area contributed by atoms with Crippen LogP contribution in [0.25, 0.3) is 0 Å². The molecule has 0 unspecified atom stereocenters. The number of hydrogen-bond donors (Lipinski definition) is 0. The van der Waals surface area contributed by atoms with E-state index in [0.29, 0.717) is 0 Å². The highest BCUT2D eigenvalue weighted by Gasteiger charge is 2.01. The van der Waals surface area contributed by atoms with Gasteiger partial charge in [0, 0.05) is 6.20 Å². The number of pyridine rings is 1. The van der Waals surface area contributed by atoms with Crippen molar-refractivity contribution in [3.05, 3.63) is 36.5 Å². The van der Waals surface area contributed by atoms with Crippen molar-refractivity contribution in [2.45, 2.75) is 13.4 Å². The minimum atomic E-state index is 1.06. The lowest BCUT2D eigenvalue weighted by Crippen LogP contribution is -1.73. The summed E-state index contributed by atoms with van der Waals surface area (Å²) in [7, 11) is 0. The molecule has 2 aromatic heterocycles. The molecular weight excluding hydrogens is 230 g/mol. The first kappa shape index (κ1) is 10.1. The highest BCUT2D eigenvalue weighted by molar-refractivity contribution is 8.03. The van der Waals surface area contributed by atoms with Gasteiger partial charge in [-0.15, -0.1) is 23.1 Å². The predicted molar refractivity (Wildman–Crippen MR) is 64.5 cm³/mol. The van der Waals surface area contributed by atoms with Gasteiger partial charge in [-0.3, -0.25) is 0 Å².